The van der Waals surface area contributed by atoms with Crippen LogP contribution in [-0.4, -0.2) is 49.6 Å². The van der Waals surface area contributed by atoms with Gasteiger partial charge in [0.1, 0.15) is 0 Å². The molecule has 4 nitrogen and oxygen atoms in total. The van der Waals surface area contributed by atoms with Gasteiger partial charge in [0.2, 0.25) is 5.91 Å². The van der Waals surface area contributed by atoms with Crippen molar-refractivity contribution in [1.82, 2.24) is 15.5 Å². The normalized spacial score (nSPS) is 31.5. The minimum Gasteiger partial charge on any atom is -0.352 e. The first kappa shape index (κ1) is 18.7. The van der Waals surface area contributed by atoms with Gasteiger partial charge in [-0.2, -0.15) is 0 Å². The SMILES string of the molecule is CNC1CCN(CC(=O)NC2CCCC(C)C2C)CC1.Cl. The number of hydrogen-bond acceptors (Lipinski definition) is 3. The fourth-order valence-corrected chi connectivity index (χ4v) is 3.62. The molecule has 2 aliphatic rings. The van der Waals surface area contributed by atoms with Crippen molar-refractivity contribution >= 4 is 18.3 Å². The van der Waals surface area contributed by atoms with E-state index in [0.29, 0.717) is 24.5 Å². The Kier molecular flexibility index (Phi) is 7.99. The van der Waals surface area contributed by atoms with Crippen LogP contribution in [0.4, 0.5) is 0 Å². The Labute approximate surface area is 135 Å². The quantitative estimate of drug-likeness (QED) is 0.834. The lowest BCUT2D eigenvalue weighted by Crippen LogP contribution is -2.49. The Bertz CT molecular complexity index is 319. The number of carbonyl (C=O) groups excluding carboxylic acids is 1. The molecule has 124 valence electrons. The van der Waals surface area contributed by atoms with Gasteiger partial charge in [-0.05, 0) is 38.1 Å². The molecule has 1 heterocycles. The third kappa shape index (κ3) is 5.42. The van der Waals surface area contributed by atoms with Crippen molar-refractivity contribution in [2.24, 2.45) is 11.8 Å². The highest BCUT2D eigenvalue weighted by Crippen LogP contribution is 2.29. The molecule has 0 spiro atoms. The summed E-state index contributed by atoms with van der Waals surface area (Å²) in [5.74, 6) is 1.57. The van der Waals surface area contributed by atoms with Crippen molar-refractivity contribution in [2.75, 3.05) is 26.7 Å². The van der Waals surface area contributed by atoms with E-state index in [1.165, 1.54) is 12.8 Å². The lowest BCUT2D eigenvalue weighted by atomic mass is 9.78. The van der Waals surface area contributed by atoms with Crippen molar-refractivity contribution in [3.63, 3.8) is 0 Å². The number of halogens is 1. The molecule has 1 saturated carbocycles. The van der Waals surface area contributed by atoms with Crippen molar-refractivity contribution in [2.45, 2.75) is 58.0 Å². The first-order valence-electron chi connectivity index (χ1n) is 8.29. The number of hydrogen-bond donors (Lipinski definition) is 2. The topological polar surface area (TPSA) is 44.4 Å². The molecule has 1 aliphatic heterocycles. The highest BCUT2D eigenvalue weighted by Gasteiger charge is 2.28. The first-order chi connectivity index (χ1) is 9.60. The maximum Gasteiger partial charge on any atom is 0.234 e. The Morgan fingerprint density at radius 2 is 1.81 bits per heavy atom. The average Bonchev–Trinajstić information content (AvgIpc) is 2.45. The Morgan fingerprint density at radius 1 is 1.14 bits per heavy atom. The van der Waals surface area contributed by atoms with Crippen LogP contribution < -0.4 is 10.6 Å². The van der Waals surface area contributed by atoms with Crippen molar-refractivity contribution < 1.29 is 4.79 Å². The van der Waals surface area contributed by atoms with Crippen LogP contribution >= 0.6 is 12.4 Å². The minimum atomic E-state index is 0. The van der Waals surface area contributed by atoms with E-state index in [2.05, 4.69) is 29.4 Å². The summed E-state index contributed by atoms with van der Waals surface area (Å²) >= 11 is 0. The molecule has 2 fully saturated rings. The third-order valence-electron chi connectivity index (χ3n) is 5.42. The summed E-state index contributed by atoms with van der Waals surface area (Å²) in [7, 11) is 2.03. The summed E-state index contributed by atoms with van der Waals surface area (Å²) in [6.07, 6.45) is 6.02. The second-order valence-electron chi connectivity index (χ2n) is 6.78. The van der Waals surface area contributed by atoms with Gasteiger partial charge in [-0.15, -0.1) is 12.4 Å². The zero-order valence-electron chi connectivity index (χ0n) is 13.7. The molecular formula is C16H32ClN3O. The van der Waals surface area contributed by atoms with Gasteiger partial charge in [-0.25, -0.2) is 0 Å². The van der Waals surface area contributed by atoms with Gasteiger partial charge < -0.3 is 10.6 Å². The van der Waals surface area contributed by atoms with Gasteiger partial charge in [-0.3, -0.25) is 9.69 Å². The number of nitrogens with zero attached hydrogens (tertiary/aromatic N) is 1. The zero-order valence-corrected chi connectivity index (χ0v) is 14.5. The van der Waals surface area contributed by atoms with E-state index >= 15 is 0 Å². The van der Waals surface area contributed by atoms with Gasteiger partial charge in [0, 0.05) is 25.2 Å². The fourth-order valence-electron chi connectivity index (χ4n) is 3.62. The molecule has 2 N–H and O–H groups in total. The monoisotopic (exact) mass is 317 g/mol. The third-order valence-corrected chi connectivity index (χ3v) is 5.42. The molecule has 0 radical (unpaired) electrons. The lowest BCUT2D eigenvalue weighted by Gasteiger charge is -2.36. The standard InChI is InChI=1S/C16H31N3O.ClH/c1-12-5-4-6-15(13(12)2)18-16(20)11-19-9-7-14(17-3)8-10-19;/h12-15,17H,4-11H2,1-3H3,(H,18,20);1H. The molecule has 0 aromatic carbocycles. The van der Waals surface area contributed by atoms with Gasteiger partial charge in [0.05, 0.1) is 6.54 Å². The molecule has 0 bridgehead atoms. The van der Waals surface area contributed by atoms with Crippen LogP contribution in [0.5, 0.6) is 0 Å². The summed E-state index contributed by atoms with van der Waals surface area (Å²) in [5, 5.41) is 6.60. The van der Waals surface area contributed by atoms with Crippen molar-refractivity contribution in [3.05, 3.63) is 0 Å². The number of amides is 1. The van der Waals surface area contributed by atoms with Crippen LogP contribution in [0, 0.1) is 11.8 Å². The summed E-state index contributed by atoms with van der Waals surface area (Å²) in [6.45, 7) is 7.25. The molecule has 1 aliphatic carbocycles. The van der Waals surface area contributed by atoms with Crippen LogP contribution in [0.2, 0.25) is 0 Å². The predicted molar refractivity (Wildman–Crippen MR) is 89.9 cm³/mol. The first-order valence-corrected chi connectivity index (χ1v) is 8.29. The predicted octanol–water partition coefficient (Wildman–Crippen LogP) is 2.03. The molecule has 0 aromatic rings. The van der Waals surface area contributed by atoms with Crippen LogP contribution in [0.15, 0.2) is 0 Å². The highest BCUT2D eigenvalue weighted by molar-refractivity contribution is 5.85. The highest BCUT2D eigenvalue weighted by atomic mass is 35.5. The molecule has 5 heteroatoms. The van der Waals surface area contributed by atoms with E-state index in [9.17, 15) is 4.79 Å². The number of likely N-dealkylation sites (tertiary alicyclic amines) is 1. The van der Waals surface area contributed by atoms with Gasteiger partial charge in [0.25, 0.3) is 0 Å². The van der Waals surface area contributed by atoms with E-state index in [-0.39, 0.29) is 18.3 Å². The smallest absolute Gasteiger partial charge is 0.234 e. The van der Waals surface area contributed by atoms with Crippen LogP contribution in [0.25, 0.3) is 0 Å². The second kappa shape index (κ2) is 8.96. The van der Waals surface area contributed by atoms with Crippen molar-refractivity contribution in [1.29, 1.82) is 0 Å². The van der Waals surface area contributed by atoms with E-state index < -0.39 is 0 Å². The maximum atomic E-state index is 12.2. The largest absolute Gasteiger partial charge is 0.352 e. The van der Waals surface area contributed by atoms with Crippen molar-refractivity contribution in [3.8, 4) is 0 Å². The number of carbonyl (C=O) groups is 1. The van der Waals surface area contributed by atoms with Crippen LogP contribution in [-0.2, 0) is 4.79 Å². The van der Waals surface area contributed by atoms with Crippen LogP contribution in [0.3, 0.4) is 0 Å². The summed E-state index contributed by atoms with van der Waals surface area (Å²) in [5.41, 5.74) is 0. The Morgan fingerprint density at radius 3 is 2.43 bits per heavy atom. The van der Waals surface area contributed by atoms with Gasteiger partial charge in [0.15, 0.2) is 0 Å². The van der Waals surface area contributed by atoms with E-state index in [1.807, 2.05) is 7.05 Å². The van der Waals surface area contributed by atoms with E-state index in [0.717, 1.165) is 38.3 Å². The molecule has 3 unspecified atom stereocenters. The van der Waals surface area contributed by atoms with E-state index in [1.54, 1.807) is 0 Å². The molecular weight excluding hydrogens is 286 g/mol. The summed E-state index contributed by atoms with van der Waals surface area (Å²) in [6, 6.07) is 1.02. The second-order valence-corrected chi connectivity index (χ2v) is 6.78. The molecule has 1 amide bonds. The molecule has 2 rings (SSSR count). The van der Waals surface area contributed by atoms with Crippen LogP contribution in [0.1, 0.15) is 46.0 Å². The number of rotatable bonds is 4. The Hall–Kier alpha value is -0.320. The number of nitrogens with one attached hydrogen (secondary N) is 2. The molecule has 0 aromatic heterocycles. The maximum absolute atomic E-state index is 12.2. The summed E-state index contributed by atoms with van der Waals surface area (Å²) < 4.78 is 0. The fraction of sp³-hybridized carbons (Fsp3) is 0.938. The Balaban J connectivity index is 0.00000220. The number of piperidine rings is 1. The lowest BCUT2D eigenvalue weighted by molar-refractivity contribution is -0.124. The summed E-state index contributed by atoms with van der Waals surface area (Å²) in [4.78, 5) is 14.5. The average molecular weight is 318 g/mol. The molecule has 3 atom stereocenters. The molecule has 21 heavy (non-hydrogen) atoms. The zero-order chi connectivity index (χ0) is 14.5. The molecule has 1 saturated heterocycles. The minimum absolute atomic E-state index is 0. The van der Waals surface area contributed by atoms with Gasteiger partial charge >= 0.3 is 0 Å². The van der Waals surface area contributed by atoms with Gasteiger partial charge in [-0.1, -0.05) is 26.7 Å². The van der Waals surface area contributed by atoms with E-state index in [4.69, 9.17) is 0 Å².